The van der Waals surface area contributed by atoms with E-state index in [0.717, 1.165) is 61.7 Å². The standard InChI is InChI=1S/C25H35N5O2/c1-26-25(27-14-13-19-8-5-9-20(16-19)24(31)29(2)3)28-21-10-7-15-30(18-21)22-11-6-12-23(17-22)32-4/h5-6,8-9,11-12,16-17,21H,7,10,13-15,18H2,1-4H3,(H2,26,27,28). The number of carbonyl (C=O) groups is 1. The molecule has 1 fully saturated rings. The maximum atomic E-state index is 12.2. The number of nitrogens with one attached hydrogen (secondary N) is 2. The molecule has 32 heavy (non-hydrogen) atoms. The summed E-state index contributed by atoms with van der Waals surface area (Å²) in [5.74, 6) is 1.71. The molecule has 0 aromatic heterocycles. The first-order chi connectivity index (χ1) is 15.5. The SMILES string of the molecule is CN=C(NCCc1cccc(C(=O)N(C)C)c1)NC1CCCN(c2cccc(OC)c2)C1. The van der Waals surface area contributed by atoms with Crippen molar-refractivity contribution in [3.05, 3.63) is 59.7 Å². The van der Waals surface area contributed by atoms with Gasteiger partial charge in [-0.1, -0.05) is 18.2 Å². The second-order valence-corrected chi connectivity index (χ2v) is 8.28. The highest BCUT2D eigenvalue weighted by molar-refractivity contribution is 5.94. The molecule has 0 aliphatic carbocycles. The Hall–Kier alpha value is -3.22. The van der Waals surface area contributed by atoms with Crippen LogP contribution in [0.2, 0.25) is 0 Å². The van der Waals surface area contributed by atoms with Crippen molar-refractivity contribution in [2.45, 2.75) is 25.3 Å². The third-order valence-corrected chi connectivity index (χ3v) is 5.69. The molecule has 1 heterocycles. The van der Waals surface area contributed by atoms with E-state index < -0.39 is 0 Å². The van der Waals surface area contributed by atoms with E-state index in [9.17, 15) is 4.79 Å². The first-order valence-electron chi connectivity index (χ1n) is 11.2. The number of nitrogens with zero attached hydrogens (tertiary/aromatic N) is 3. The number of ether oxygens (including phenoxy) is 1. The van der Waals surface area contributed by atoms with Crippen molar-refractivity contribution in [2.24, 2.45) is 4.99 Å². The third-order valence-electron chi connectivity index (χ3n) is 5.69. The highest BCUT2D eigenvalue weighted by Crippen LogP contribution is 2.24. The quantitative estimate of drug-likeness (QED) is 0.515. The molecule has 2 N–H and O–H groups in total. The Morgan fingerprint density at radius 1 is 1.22 bits per heavy atom. The predicted molar refractivity (Wildman–Crippen MR) is 131 cm³/mol. The van der Waals surface area contributed by atoms with Crippen LogP contribution in [0.5, 0.6) is 5.75 Å². The van der Waals surface area contributed by atoms with Crippen LogP contribution in [0.25, 0.3) is 0 Å². The summed E-state index contributed by atoms with van der Waals surface area (Å²) in [6.45, 7) is 2.70. The highest BCUT2D eigenvalue weighted by Gasteiger charge is 2.21. The van der Waals surface area contributed by atoms with Crippen molar-refractivity contribution in [1.29, 1.82) is 0 Å². The van der Waals surface area contributed by atoms with Crippen molar-refractivity contribution in [3.63, 3.8) is 0 Å². The monoisotopic (exact) mass is 437 g/mol. The zero-order chi connectivity index (χ0) is 22.9. The van der Waals surface area contributed by atoms with Crippen LogP contribution in [-0.4, -0.2) is 70.7 Å². The Labute approximate surface area is 191 Å². The number of guanidine groups is 1. The van der Waals surface area contributed by atoms with E-state index >= 15 is 0 Å². The van der Waals surface area contributed by atoms with Crippen molar-refractivity contribution in [2.75, 3.05) is 52.8 Å². The molecule has 7 heteroatoms. The van der Waals surface area contributed by atoms with Crippen LogP contribution in [0.4, 0.5) is 5.69 Å². The molecule has 2 aromatic carbocycles. The van der Waals surface area contributed by atoms with Crippen LogP contribution in [0, 0.1) is 0 Å². The molecule has 2 aromatic rings. The number of amides is 1. The Bertz CT molecular complexity index is 928. The topological polar surface area (TPSA) is 69.2 Å². The smallest absolute Gasteiger partial charge is 0.253 e. The number of piperidine rings is 1. The number of benzene rings is 2. The van der Waals surface area contributed by atoms with Gasteiger partial charge in [0.15, 0.2) is 5.96 Å². The summed E-state index contributed by atoms with van der Waals surface area (Å²) in [4.78, 5) is 20.6. The molecule has 1 saturated heterocycles. The van der Waals surface area contributed by atoms with E-state index in [1.165, 1.54) is 5.69 Å². The van der Waals surface area contributed by atoms with Gasteiger partial charge in [0.25, 0.3) is 5.91 Å². The Morgan fingerprint density at radius 3 is 2.78 bits per heavy atom. The lowest BCUT2D eigenvalue weighted by atomic mass is 10.0. The first kappa shape index (κ1) is 23.4. The van der Waals surface area contributed by atoms with Crippen LogP contribution < -0.4 is 20.3 Å². The van der Waals surface area contributed by atoms with E-state index in [1.807, 2.05) is 30.3 Å². The third kappa shape index (κ3) is 6.39. The summed E-state index contributed by atoms with van der Waals surface area (Å²) in [7, 11) is 7.04. The van der Waals surface area contributed by atoms with Gasteiger partial charge in [-0.25, -0.2) is 0 Å². The number of anilines is 1. The molecule has 1 aliphatic rings. The van der Waals surface area contributed by atoms with Crippen molar-refractivity contribution < 1.29 is 9.53 Å². The second kappa shape index (κ2) is 11.4. The van der Waals surface area contributed by atoms with Gasteiger partial charge in [-0.2, -0.15) is 0 Å². The number of carbonyl (C=O) groups excluding carboxylic acids is 1. The minimum Gasteiger partial charge on any atom is -0.497 e. The Kier molecular flexibility index (Phi) is 8.36. The highest BCUT2D eigenvalue weighted by atomic mass is 16.5. The number of methoxy groups -OCH3 is 1. The van der Waals surface area contributed by atoms with Gasteiger partial charge < -0.3 is 25.2 Å². The van der Waals surface area contributed by atoms with E-state index in [-0.39, 0.29) is 5.91 Å². The lowest BCUT2D eigenvalue weighted by molar-refractivity contribution is 0.0827. The Balaban J connectivity index is 1.51. The average Bonchev–Trinajstić information content (AvgIpc) is 2.83. The molecule has 172 valence electrons. The summed E-state index contributed by atoms with van der Waals surface area (Å²) in [5.41, 5.74) is 3.03. The largest absolute Gasteiger partial charge is 0.497 e. The molecule has 0 spiro atoms. The normalized spacial score (nSPS) is 16.4. The second-order valence-electron chi connectivity index (χ2n) is 8.28. The molecule has 1 atom stereocenters. The number of hydrogen-bond acceptors (Lipinski definition) is 4. The van der Waals surface area contributed by atoms with E-state index in [2.05, 4.69) is 38.7 Å². The molecule has 0 bridgehead atoms. The zero-order valence-electron chi connectivity index (χ0n) is 19.6. The first-order valence-corrected chi connectivity index (χ1v) is 11.2. The molecule has 0 radical (unpaired) electrons. The predicted octanol–water partition coefficient (Wildman–Crippen LogP) is 2.77. The van der Waals surface area contributed by atoms with Gasteiger partial charge in [-0.15, -0.1) is 0 Å². The van der Waals surface area contributed by atoms with Crippen LogP contribution in [0.15, 0.2) is 53.5 Å². The van der Waals surface area contributed by atoms with Gasteiger partial charge in [-0.05, 0) is 49.1 Å². The Morgan fingerprint density at radius 2 is 2.03 bits per heavy atom. The van der Waals surface area contributed by atoms with Gasteiger partial charge in [-0.3, -0.25) is 9.79 Å². The van der Waals surface area contributed by atoms with Gasteiger partial charge in [0, 0.05) is 64.1 Å². The zero-order valence-corrected chi connectivity index (χ0v) is 19.6. The van der Waals surface area contributed by atoms with Crippen LogP contribution in [0.3, 0.4) is 0 Å². The van der Waals surface area contributed by atoms with E-state index in [0.29, 0.717) is 6.04 Å². The van der Waals surface area contributed by atoms with Gasteiger partial charge >= 0.3 is 0 Å². The molecule has 0 saturated carbocycles. The van der Waals surface area contributed by atoms with Crippen LogP contribution in [-0.2, 0) is 6.42 Å². The summed E-state index contributed by atoms with van der Waals surface area (Å²) in [6, 6.07) is 16.4. The summed E-state index contributed by atoms with van der Waals surface area (Å²) >= 11 is 0. The minimum atomic E-state index is 0.0233. The van der Waals surface area contributed by atoms with Gasteiger partial charge in [0.05, 0.1) is 7.11 Å². The molecular weight excluding hydrogens is 402 g/mol. The van der Waals surface area contributed by atoms with Crippen molar-refractivity contribution in [1.82, 2.24) is 15.5 Å². The molecule has 3 rings (SSSR count). The number of hydrogen-bond donors (Lipinski definition) is 2. The fraction of sp³-hybridized carbons (Fsp3) is 0.440. The van der Waals surface area contributed by atoms with Crippen molar-refractivity contribution in [3.8, 4) is 5.75 Å². The average molecular weight is 438 g/mol. The van der Waals surface area contributed by atoms with E-state index in [4.69, 9.17) is 4.74 Å². The van der Waals surface area contributed by atoms with Crippen LogP contribution >= 0.6 is 0 Å². The van der Waals surface area contributed by atoms with Crippen molar-refractivity contribution >= 4 is 17.6 Å². The van der Waals surface area contributed by atoms with Gasteiger partial charge in [0.2, 0.25) is 0 Å². The summed E-state index contributed by atoms with van der Waals surface area (Å²) in [6.07, 6.45) is 3.05. The van der Waals surface area contributed by atoms with Crippen LogP contribution in [0.1, 0.15) is 28.8 Å². The maximum Gasteiger partial charge on any atom is 0.253 e. The minimum absolute atomic E-state index is 0.0233. The lowest BCUT2D eigenvalue weighted by Crippen LogP contribution is -2.51. The van der Waals surface area contributed by atoms with E-state index in [1.54, 1.807) is 33.2 Å². The number of rotatable bonds is 7. The fourth-order valence-corrected chi connectivity index (χ4v) is 3.97. The maximum absolute atomic E-state index is 12.2. The molecule has 7 nitrogen and oxygen atoms in total. The summed E-state index contributed by atoms with van der Waals surface area (Å²) in [5, 5.41) is 6.98. The fourth-order valence-electron chi connectivity index (χ4n) is 3.97. The molecule has 1 aliphatic heterocycles. The molecular formula is C25H35N5O2. The lowest BCUT2D eigenvalue weighted by Gasteiger charge is -2.35. The van der Waals surface area contributed by atoms with Gasteiger partial charge in [0.1, 0.15) is 5.75 Å². The molecule has 1 unspecified atom stereocenters. The molecule has 1 amide bonds. The number of aliphatic imine (C=N–C) groups is 1. The summed E-state index contributed by atoms with van der Waals surface area (Å²) < 4.78 is 5.37.